The predicted molar refractivity (Wildman–Crippen MR) is 60.2 cm³/mol. The first kappa shape index (κ1) is 13.5. The van der Waals surface area contributed by atoms with Crippen molar-refractivity contribution in [1.29, 1.82) is 0 Å². The second-order valence-electron chi connectivity index (χ2n) is 4.47. The molecule has 96 valence electrons. The highest BCUT2D eigenvalue weighted by Gasteiger charge is 2.56. The Morgan fingerprint density at radius 3 is 2.29 bits per heavy atom. The molecule has 1 atom stereocenters. The fraction of sp³-hybridized carbons (Fsp3) is 0.727. The Labute approximate surface area is 99.8 Å². The monoisotopic (exact) mass is 242 g/mol. The molecule has 6 nitrogen and oxygen atoms in total. The van der Waals surface area contributed by atoms with Crippen LogP contribution in [0.4, 0.5) is 0 Å². The third kappa shape index (κ3) is 3.18. The highest BCUT2D eigenvalue weighted by molar-refractivity contribution is 6.07. The summed E-state index contributed by atoms with van der Waals surface area (Å²) in [5.41, 5.74) is -0.910. The maximum Gasteiger partial charge on any atom is 0.303 e. The number of hydrogen-bond donors (Lipinski definition) is 3. The van der Waals surface area contributed by atoms with Gasteiger partial charge in [0.15, 0.2) is 0 Å². The van der Waals surface area contributed by atoms with Crippen LogP contribution < -0.4 is 10.6 Å². The zero-order valence-corrected chi connectivity index (χ0v) is 10.1. The number of carboxylic acids is 1. The summed E-state index contributed by atoms with van der Waals surface area (Å²) in [5.74, 6) is -1.45. The minimum absolute atomic E-state index is 0.00835. The number of nitrogens with one attached hydrogen (secondary N) is 2. The number of hydrogen-bond acceptors (Lipinski definition) is 3. The van der Waals surface area contributed by atoms with E-state index in [0.29, 0.717) is 19.3 Å². The van der Waals surface area contributed by atoms with E-state index in [1.807, 2.05) is 0 Å². The van der Waals surface area contributed by atoms with Gasteiger partial charge in [0.25, 0.3) is 0 Å². The molecule has 6 heteroatoms. The molecule has 0 radical (unpaired) electrons. The van der Waals surface area contributed by atoms with E-state index in [1.165, 1.54) is 7.05 Å². The summed E-state index contributed by atoms with van der Waals surface area (Å²) < 4.78 is 0. The molecule has 17 heavy (non-hydrogen) atoms. The van der Waals surface area contributed by atoms with Crippen LogP contribution in [0.5, 0.6) is 0 Å². The highest BCUT2D eigenvalue weighted by Crippen LogP contribution is 2.46. The smallest absolute Gasteiger partial charge is 0.303 e. The lowest BCUT2D eigenvalue weighted by molar-refractivity contribution is -0.139. The fourth-order valence-corrected chi connectivity index (χ4v) is 1.70. The first-order chi connectivity index (χ1) is 7.92. The van der Waals surface area contributed by atoms with Crippen LogP contribution in [0.25, 0.3) is 0 Å². The van der Waals surface area contributed by atoms with Crippen molar-refractivity contribution in [2.75, 3.05) is 7.05 Å². The minimum Gasteiger partial charge on any atom is -0.481 e. The van der Waals surface area contributed by atoms with Crippen molar-refractivity contribution in [3.8, 4) is 0 Å². The topological polar surface area (TPSA) is 95.5 Å². The summed E-state index contributed by atoms with van der Waals surface area (Å²) in [7, 11) is 1.50. The summed E-state index contributed by atoms with van der Waals surface area (Å²) in [6, 6.07) is -0.235. The minimum atomic E-state index is -0.910. The van der Waals surface area contributed by atoms with Gasteiger partial charge in [0, 0.05) is 19.5 Å². The Morgan fingerprint density at radius 1 is 1.29 bits per heavy atom. The van der Waals surface area contributed by atoms with Crippen LogP contribution in [-0.4, -0.2) is 36.0 Å². The molecule has 1 aliphatic carbocycles. The van der Waals surface area contributed by atoms with Gasteiger partial charge >= 0.3 is 5.97 Å². The van der Waals surface area contributed by atoms with E-state index >= 15 is 0 Å². The van der Waals surface area contributed by atoms with Gasteiger partial charge < -0.3 is 15.7 Å². The summed E-state index contributed by atoms with van der Waals surface area (Å²) in [4.78, 5) is 33.8. The van der Waals surface area contributed by atoms with Crippen molar-refractivity contribution in [1.82, 2.24) is 10.6 Å². The molecule has 1 saturated carbocycles. The van der Waals surface area contributed by atoms with Gasteiger partial charge in [0.05, 0.1) is 0 Å². The van der Waals surface area contributed by atoms with Crippen molar-refractivity contribution in [2.45, 2.75) is 38.6 Å². The van der Waals surface area contributed by atoms with E-state index < -0.39 is 11.4 Å². The van der Waals surface area contributed by atoms with Crippen LogP contribution in [-0.2, 0) is 14.4 Å². The average Bonchev–Trinajstić information content (AvgIpc) is 3.06. The normalized spacial score (nSPS) is 18.0. The summed E-state index contributed by atoms with van der Waals surface area (Å²) in [6.07, 6.45) is 1.49. The van der Waals surface area contributed by atoms with Gasteiger partial charge in [0.2, 0.25) is 11.8 Å². The molecule has 0 spiro atoms. The number of rotatable bonds is 6. The van der Waals surface area contributed by atoms with E-state index in [2.05, 4.69) is 10.6 Å². The van der Waals surface area contributed by atoms with Gasteiger partial charge in [-0.1, -0.05) is 0 Å². The molecule has 0 bridgehead atoms. The van der Waals surface area contributed by atoms with Crippen LogP contribution in [0.2, 0.25) is 0 Å². The Morgan fingerprint density at radius 2 is 1.88 bits per heavy atom. The van der Waals surface area contributed by atoms with Gasteiger partial charge in [-0.05, 0) is 26.2 Å². The maximum atomic E-state index is 11.9. The molecular formula is C11H18N2O4. The van der Waals surface area contributed by atoms with Crippen LogP contribution in [0.3, 0.4) is 0 Å². The van der Waals surface area contributed by atoms with Crippen LogP contribution in [0.15, 0.2) is 0 Å². The lowest BCUT2D eigenvalue weighted by Crippen LogP contribution is -2.45. The van der Waals surface area contributed by atoms with E-state index in [9.17, 15) is 14.4 Å². The van der Waals surface area contributed by atoms with E-state index in [4.69, 9.17) is 5.11 Å². The number of aliphatic carboxylic acids is 1. The summed E-state index contributed by atoms with van der Waals surface area (Å²) >= 11 is 0. The third-order valence-electron chi connectivity index (χ3n) is 3.02. The average molecular weight is 242 g/mol. The molecular weight excluding hydrogens is 224 g/mol. The Bertz CT molecular complexity index is 336. The number of carboxylic acid groups (broad SMARTS) is 1. The van der Waals surface area contributed by atoms with Gasteiger partial charge in [-0.25, -0.2) is 0 Å². The second kappa shape index (κ2) is 5.16. The largest absolute Gasteiger partial charge is 0.481 e. The quantitative estimate of drug-likeness (QED) is 0.566. The van der Waals surface area contributed by atoms with Gasteiger partial charge in [-0.2, -0.15) is 0 Å². The molecule has 1 aliphatic rings. The van der Waals surface area contributed by atoms with Gasteiger partial charge in [-0.15, -0.1) is 0 Å². The fourth-order valence-electron chi connectivity index (χ4n) is 1.70. The molecule has 0 aromatic rings. The zero-order chi connectivity index (χ0) is 13.1. The molecule has 0 saturated heterocycles. The maximum absolute atomic E-state index is 11.9. The van der Waals surface area contributed by atoms with Crippen molar-refractivity contribution in [3.05, 3.63) is 0 Å². The number of carbonyl (C=O) groups is 3. The molecule has 0 aliphatic heterocycles. The zero-order valence-electron chi connectivity index (χ0n) is 10.1. The molecule has 1 rings (SSSR count). The third-order valence-corrected chi connectivity index (χ3v) is 3.02. The van der Waals surface area contributed by atoms with Crippen molar-refractivity contribution in [3.63, 3.8) is 0 Å². The van der Waals surface area contributed by atoms with E-state index in [0.717, 1.165) is 0 Å². The van der Waals surface area contributed by atoms with Crippen molar-refractivity contribution >= 4 is 17.8 Å². The SMILES string of the molecule is CNC(=O)C1(C(=O)NC(C)CCC(=O)O)CC1. The molecule has 2 amide bonds. The van der Waals surface area contributed by atoms with Crippen LogP contribution in [0, 0.1) is 5.41 Å². The van der Waals surface area contributed by atoms with Crippen LogP contribution >= 0.6 is 0 Å². The Hall–Kier alpha value is -1.59. The van der Waals surface area contributed by atoms with E-state index in [-0.39, 0.29) is 24.3 Å². The van der Waals surface area contributed by atoms with Crippen LogP contribution in [0.1, 0.15) is 32.6 Å². The van der Waals surface area contributed by atoms with Crippen molar-refractivity contribution in [2.24, 2.45) is 5.41 Å². The standard InChI is InChI=1S/C11H18N2O4/c1-7(3-4-8(14)15)13-10(17)11(5-6-11)9(16)12-2/h7H,3-6H2,1-2H3,(H,12,16)(H,13,17)(H,14,15). The number of carbonyl (C=O) groups excluding carboxylic acids is 2. The van der Waals surface area contributed by atoms with E-state index in [1.54, 1.807) is 6.92 Å². The summed E-state index contributed by atoms with van der Waals surface area (Å²) in [6.45, 7) is 1.74. The molecule has 0 heterocycles. The number of amides is 2. The first-order valence-corrected chi connectivity index (χ1v) is 5.67. The Kier molecular flexibility index (Phi) is 4.09. The van der Waals surface area contributed by atoms with Gasteiger partial charge in [-0.3, -0.25) is 14.4 Å². The Balaban J connectivity index is 2.44. The van der Waals surface area contributed by atoms with Gasteiger partial charge in [0.1, 0.15) is 5.41 Å². The first-order valence-electron chi connectivity index (χ1n) is 5.67. The lowest BCUT2D eigenvalue weighted by atomic mass is 10.0. The molecule has 0 aromatic carbocycles. The molecule has 0 aromatic heterocycles. The lowest BCUT2D eigenvalue weighted by Gasteiger charge is -2.18. The predicted octanol–water partition coefficient (Wildman–Crippen LogP) is -0.118. The molecule has 1 fully saturated rings. The highest BCUT2D eigenvalue weighted by atomic mass is 16.4. The molecule has 3 N–H and O–H groups in total. The molecule has 1 unspecified atom stereocenters. The summed E-state index contributed by atoms with van der Waals surface area (Å²) in [5, 5.41) is 13.7. The van der Waals surface area contributed by atoms with Crippen molar-refractivity contribution < 1.29 is 19.5 Å². The second-order valence-corrected chi connectivity index (χ2v) is 4.47.